The molecular weight excluding hydrogens is 204 g/mol. The number of benzene rings is 1. The van der Waals surface area contributed by atoms with Gasteiger partial charge in [-0.05, 0) is 26.8 Å². The van der Waals surface area contributed by atoms with Gasteiger partial charge in [-0.3, -0.25) is 0 Å². The maximum atomic E-state index is 9.20. The second kappa shape index (κ2) is 3.98. The predicted octanol–water partition coefficient (Wildman–Crippen LogP) is 2.16. The summed E-state index contributed by atoms with van der Waals surface area (Å²) in [5.41, 5.74) is 1.01. The monoisotopic (exact) mass is 222 g/mol. The van der Waals surface area contributed by atoms with Gasteiger partial charge in [-0.2, -0.15) is 0 Å². The van der Waals surface area contributed by atoms with Crippen molar-refractivity contribution in [3.63, 3.8) is 0 Å². The Kier molecular flexibility index (Phi) is 2.80. The van der Waals surface area contributed by atoms with Crippen LogP contribution in [0.15, 0.2) is 18.2 Å². The van der Waals surface area contributed by atoms with Crippen molar-refractivity contribution in [2.24, 2.45) is 0 Å². The van der Waals surface area contributed by atoms with Gasteiger partial charge in [0.25, 0.3) is 0 Å². The Morgan fingerprint density at radius 2 is 2.25 bits per heavy atom. The number of hydrogen-bond acceptors (Lipinski definition) is 3. The van der Waals surface area contributed by atoms with Crippen molar-refractivity contribution in [2.75, 3.05) is 6.61 Å². The molecule has 1 unspecified atom stereocenters. The number of fused-ring (bicyclic) bond motifs is 1. The molecule has 0 aliphatic carbocycles. The summed E-state index contributed by atoms with van der Waals surface area (Å²) in [7, 11) is 0. The first-order chi connectivity index (χ1) is 7.48. The fourth-order valence-corrected chi connectivity index (χ4v) is 1.91. The summed E-state index contributed by atoms with van der Waals surface area (Å²) in [4.78, 5) is 0. The molecule has 0 aromatic heterocycles. The molecular formula is C13H18O3. The zero-order chi connectivity index (χ0) is 11.8. The fraction of sp³-hybridized carbons (Fsp3) is 0.538. The van der Waals surface area contributed by atoms with E-state index in [1.807, 2.05) is 12.1 Å². The third kappa shape index (κ3) is 2.30. The molecule has 2 rings (SSSR count). The summed E-state index contributed by atoms with van der Waals surface area (Å²) in [5.74, 6) is 1.55. The number of para-hydroxylation sites is 1. The van der Waals surface area contributed by atoms with Crippen LogP contribution in [0.25, 0.3) is 0 Å². The summed E-state index contributed by atoms with van der Waals surface area (Å²) in [6.07, 6.45) is 0.430. The van der Waals surface area contributed by atoms with Crippen molar-refractivity contribution in [2.45, 2.75) is 38.9 Å². The first-order valence-corrected chi connectivity index (χ1v) is 5.60. The second-order valence-corrected chi connectivity index (χ2v) is 4.94. The highest BCUT2D eigenvalue weighted by Gasteiger charge is 2.32. The molecule has 1 aromatic carbocycles. The van der Waals surface area contributed by atoms with Crippen LogP contribution < -0.4 is 9.47 Å². The largest absolute Gasteiger partial charge is 0.487 e. The van der Waals surface area contributed by atoms with Gasteiger partial charge >= 0.3 is 0 Å². The highest BCUT2D eigenvalue weighted by Crippen LogP contribution is 2.41. The van der Waals surface area contributed by atoms with Crippen LogP contribution in [0, 0.1) is 0 Å². The Morgan fingerprint density at radius 3 is 2.94 bits per heavy atom. The van der Waals surface area contributed by atoms with Crippen molar-refractivity contribution in [3.8, 4) is 11.5 Å². The van der Waals surface area contributed by atoms with E-state index in [9.17, 15) is 5.11 Å². The summed E-state index contributed by atoms with van der Waals surface area (Å²) in [6, 6.07) is 5.89. The van der Waals surface area contributed by atoms with Gasteiger partial charge in [0.2, 0.25) is 0 Å². The smallest absolute Gasteiger partial charge is 0.165 e. The van der Waals surface area contributed by atoms with E-state index in [2.05, 4.69) is 19.9 Å². The standard InChI is InChI=1S/C13H18O3/c1-9(14)8-15-11-6-4-5-10-7-13(2,3)16-12(10)11/h4-6,9,14H,7-8H2,1-3H3. The quantitative estimate of drug-likeness (QED) is 0.851. The second-order valence-electron chi connectivity index (χ2n) is 4.94. The number of aliphatic hydroxyl groups is 1. The van der Waals surface area contributed by atoms with Crippen LogP contribution in [-0.4, -0.2) is 23.4 Å². The van der Waals surface area contributed by atoms with E-state index in [-0.39, 0.29) is 5.60 Å². The molecule has 1 aromatic rings. The number of ether oxygens (including phenoxy) is 2. The Bertz CT molecular complexity index is 383. The van der Waals surface area contributed by atoms with Crippen molar-refractivity contribution < 1.29 is 14.6 Å². The summed E-state index contributed by atoms with van der Waals surface area (Å²) >= 11 is 0. The maximum absolute atomic E-state index is 9.20. The normalized spacial score (nSPS) is 18.8. The van der Waals surface area contributed by atoms with Crippen LogP contribution in [-0.2, 0) is 6.42 Å². The van der Waals surface area contributed by atoms with E-state index in [0.29, 0.717) is 6.61 Å². The molecule has 0 saturated heterocycles. The Labute approximate surface area is 96.0 Å². The van der Waals surface area contributed by atoms with E-state index in [1.165, 1.54) is 5.56 Å². The van der Waals surface area contributed by atoms with Gasteiger partial charge in [0.1, 0.15) is 12.2 Å². The molecule has 1 aliphatic heterocycles. The van der Waals surface area contributed by atoms with Crippen LogP contribution >= 0.6 is 0 Å². The zero-order valence-corrected chi connectivity index (χ0v) is 9.99. The highest BCUT2D eigenvalue weighted by atomic mass is 16.5. The summed E-state index contributed by atoms with van der Waals surface area (Å²) < 4.78 is 11.4. The van der Waals surface area contributed by atoms with Gasteiger partial charge in [-0.25, -0.2) is 0 Å². The highest BCUT2D eigenvalue weighted by molar-refractivity contribution is 5.50. The lowest BCUT2D eigenvalue weighted by Crippen LogP contribution is -2.24. The molecule has 16 heavy (non-hydrogen) atoms. The average Bonchev–Trinajstić information content (AvgIpc) is 2.48. The van der Waals surface area contributed by atoms with Gasteiger partial charge in [0.05, 0.1) is 6.10 Å². The molecule has 0 fully saturated rings. The van der Waals surface area contributed by atoms with Crippen molar-refractivity contribution in [1.29, 1.82) is 0 Å². The Balaban J connectivity index is 2.20. The van der Waals surface area contributed by atoms with E-state index < -0.39 is 6.10 Å². The molecule has 3 heteroatoms. The van der Waals surface area contributed by atoms with Crippen molar-refractivity contribution in [1.82, 2.24) is 0 Å². The minimum atomic E-state index is -0.467. The zero-order valence-electron chi connectivity index (χ0n) is 9.99. The molecule has 0 saturated carbocycles. The minimum absolute atomic E-state index is 0.160. The van der Waals surface area contributed by atoms with Crippen molar-refractivity contribution >= 4 is 0 Å². The van der Waals surface area contributed by atoms with Gasteiger partial charge in [0.15, 0.2) is 11.5 Å². The Hall–Kier alpha value is -1.22. The van der Waals surface area contributed by atoms with Gasteiger partial charge in [-0.1, -0.05) is 12.1 Å². The maximum Gasteiger partial charge on any atom is 0.165 e. The van der Waals surface area contributed by atoms with E-state index in [4.69, 9.17) is 9.47 Å². The molecule has 0 bridgehead atoms. The molecule has 1 N–H and O–H groups in total. The molecule has 88 valence electrons. The number of hydrogen-bond donors (Lipinski definition) is 1. The van der Waals surface area contributed by atoms with Crippen LogP contribution in [0.4, 0.5) is 0 Å². The molecule has 1 atom stereocenters. The SMILES string of the molecule is CC(O)COc1cccc2c1OC(C)(C)C2. The first-order valence-electron chi connectivity index (χ1n) is 5.60. The lowest BCUT2D eigenvalue weighted by Gasteiger charge is -2.18. The summed E-state index contributed by atoms with van der Waals surface area (Å²) in [6.45, 7) is 6.12. The van der Waals surface area contributed by atoms with Gasteiger partial charge in [-0.15, -0.1) is 0 Å². The van der Waals surface area contributed by atoms with Crippen LogP contribution in [0.5, 0.6) is 11.5 Å². The fourth-order valence-electron chi connectivity index (χ4n) is 1.91. The summed E-state index contributed by atoms with van der Waals surface area (Å²) in [5, 5.41) is 9.20. The number of aliphatic hydroxyl groups excluding tert-OH is 1. The topological polar surface area (TPSA) is 38.7 Å². The van der Waals surface area contributed by atoms with E-state index >= 15 is 0 Å². The third-order valence-electron chi connectivity index (χ3n) is 2.54. The van der Waals surface area contributed by atoms with E-state index in [1.54, 1.807) is 6.92 Å². The molecule has 0 spiro atoms. The lowest BCUT2D eigenvalue weighted by molar-refractivity contribution is 0.108. The van der Waals surface area contributed by atoms with Gasteiger partial charge in [0, 0.05) is 12.0 Å². The van der Waals surface area contributed by atoms with E-state index in [0.717, 1.165) is 17.9 Å². The van der Waals surface area contributed by atoms with Crippen molar-refractivity contribution in [3.05, 3.63) is 23.8 Å². The lowest BCUT2D eigenvalue weighted by atomic mass is 10.0. The molecule has 0 radical (unpaired) electrons. The number of rotatable bonds is 3. The molecule has 1 aliphatic rings. The molecule has 0 amide bonds. The minimum Gasteiger partial charge on any atom is -0.487 e. The van der Waals surface area contributed by atoms with Gasteiger partial charge < -0.3 is 14.6 Å². The average molecular weight is 222 g/mol. The van der Waals surface area contributed by atoms with Crippen LogP contribution in [0.1, 0.15) is 26.3 Å². The first kappa shape index (κ1) is 11.3. The molecule has 1 heterocycles. The third-order valence-corrected chi connectivity index (χ3v) is 2.54. The molecule has 3 nitrogen and oxygen atoms in total. The Morgan fingerprint density at radius 1 is 1.50 bits per heavy atom. The van der Waals surface area contributed by atoms with Crippen LogP contribution in [0.2, 0.25) is 0 Å². The predicted molar refractivity (Wildman–Crippen MR) is 62.0 cm³/mol. The van der Waals surface area contributed by atoms with Crippen LogP contribution in [0.3, 0.4) is 0 Å².